The minimum atomic E-state index is -0.285. The number of amides is 2. The second-order valence-corrected chi connectivity index (χ2v) is 4.88. The van der Waals surface area contributed by atoms with E-state index in [0.29, 0.717) is 46.0 Å². The van der Waals surface area contributed by atoms with Gasteiger partial charge >= 0.3 is 6.09 Å². The Morgan fingerprint density at radius 2 is 1.67 bits per heavy atom. The second kappa shape index (κ2) is 10.4. The molecule has 0 aliphatic carbocycles. The topological polar surface area (TPSA) is 68.3 Å². The molecule has 0 aromatic carbocycles. The first-order valence-corrected chi connectivity index (χ1v) is 7.45. The van der Waals surface area contributed by atoms with Gasteiger partial charge in [0.05, 0.1) is 19.8 Å². The maximum absolute atomic E-state index is 11.9. The number of ether oxygens (including phenoxy) is 3. The average Bonchev–Trinajstić information content (AvgIpc) is 2.51. The zero-order valence-electron chi connectivity index (χ0n) is 13.0. The first-order valence-electron chi connectivity index (χ1n) is 7.45. The van der Waals surface area contributed by atoms with Gasteiger partial charge in [0.1, 0.15) is 6.61 Å². The molecule has 7 nitrogen and oxygen atoms in total. The number of piperazine rings is 1. The Balaban J connectivity index is 2.18. The van der Waals surface area contributed by atoms with Crippen LogP contribution in [0.1, 0.15) is 19.8 Å². The number of carbonyl (C=O) groups is 2. The predicted molar refractivity (Wildman–Crippen MR) is 77.1 cm³/mol. The van der Waals surface area contributed by atoms with Crippen LogP contribution < -0.4 is 0 Å². The van der Waals surface area contributed by atoms with Gasteiger partial charge in [0, 0.05) is 33.3 Å². The summed E-state index contributed by atoms with van der Waals surface area (Å²) in [6.45, 7) is 5.52. The van der Waals surface area contributed by atoms with E-state index in [0.717, 1.165) is 12.8 Å². The fraction of sp³-hybridized carbons (Fsp3) is 0.857. The predicted octanol–water partition coefficient (Wildman–Crippen LogP) is 0.730. The van der Waals surface area contributed by atoms with Gasteiger partial charge in [0.25, 0.3) is 0 Å². The average molecular weight is 302 g/mol. The molecule has 1 fully saturated rings. The van der Waals surface area contributed by atoms with Crippen molar-refractivity contribution in [1.29, 1.82) is 0 Å². The van der Waals surface area contributed by atoms with E-state index in [4.69, 9.17) is 14.2 Å². The molecule has 1 rings (SSSR count). The molecule has 1 aliphatic rings. The van der Waals surface area contributed by atoms with Gasteiger partial charge in [0.15, 0.2) is 0 Å². The first kappa shape index (κ1) is 17.7. The van der Waals surface area contributed by atoms with Crippen molar-refractivity contribution in [3.8, 4) is 0 Å². The fourth-order valence-electron chi connectivity index (χ4n) is 1.93. The van der Waals surface area contributed by atoms with E-state index in [1.54, 1.807) is 16.9 Å². The van der Waals surface area contributed by atoms with Crippen molar-refractivity contribution >= 4 is 12.0 Å². The first-order chi connectivity index (χ1) is 10.2. The van der Waals surface area contributed by atoms with Gasteiger partial charge in [-0.3, -0.25) is 4.79 Å². The van der Waals surface area contributed by atoms with Crippen LogP contribution in [-0.2, 0) is 19.0 Å². The Morgan fingerprint density at radius 1 is 1.00 bits per heavy atom. The third-order valence-electron chi connectivity index (χ3n) is 3.27. The van der Waals surface area contributed by atoms with E-state index in [2.05, 4.69) is 0 Å². The molecule has 122 valence electrons. The summed E-state index contributed by atoms with van der Waals surface area (Å²) in [5.41, 5.74) is 0. The summed E-state index contributed by atoms with van der Waals surface area (Å²) in [6.07, 6.45) is 1.59. The van der Waals surface area contributed by atoms with E-state index < -0.39 is 0 Å². The van der Waals surface area contributed by atoms with Crippen LogP contribution in [0.4, 0.5) is 4.79 Å². The van der Waals surface area contributed by atoms with Crippen LogP contribution in [0.25, 0.3) is 0 Å². The largest absolute Gasteiger partial charge is 0.449 e. The normalized spacial score (nSPS) is 15.1. The van der Waals surface area contributed by atoms with Crippen LogP contribution >= 0.6 is 0 Å². The van der Waals surface area contributed by atoms with E-state index in [-0.39, 0.29) is 18.6 Å². The van der Waals surface area contributed by atoms with Gasteiger partial charge in [0.2, 0.25) is 5.91 Å². The highest BCUT2D eigenvalue weighted by molar-refractivity contribution is 5.78. The summed E-state index contributed by atoms with van der Waals surface area (Å²) < 4.78 is 15.2. The Kier molecular flexibility index (Phi) is 8.77. The number of hydrogen-bond acceptors (Lipinski definition) is 5. The van der Waals surface area contributed by atoms with Crippen LogP contribution in [-0.4, -0.2) is 81.5 Å². The van der Waals surface area contributed by atoms with Crippen molar-refractivity contribution in [2.75, 3.05) is 59.7 Å². The number of nitrogens with zero attached hydrogens (tertiary/aromatic N) is 2. The summed E-state index contributed by atoms with van der Waals surface area (Å²) in [7, 11) is 1.59. The third-order valence-corrected chi connectivity index (χ3v) is 3.27. The number of hydrogen-bond donors (Lipinski definition) is 0. The molecule has 0 aromatic rings. The van der Waals surface area contributed by atoms with E-state index in [1.807, 2.05) is 6.92 Å². The lowest BCUT2D eigenvalue weighted by Gasteiger charge is -2.34. The molecule has 1 heterocycles. The minimum absolute atomic E-state index is 0.0508. The van der Waals surface area contributed by atoms with Gasteiger partial charge in [-0.15, -0.1) is 0 Å². The third kappa shape index (κ3) is 6.77. The van der Waals surface area contributed by atoms with Gasteiger partial charge in [-0.05, 0) is 6.42 Å². The highest BCUT2D eigenvalue weighted by atomic mass is 16.6. The molecule has 1 saturated heterocycles. The van der Waals surface area contributed by atoms with E-state index in [1.165, 1.54) is 0 Å². The van der Waals surface area contributed by atoms with Crippen LogP contribution in [0.15, 0.2) is 0 Å². The monoisotopic (exact) mass is 302 g/mol. The highest BCUT2D eigenvalue weighted by Gasteiger charge is 2.24. The molecule has 0 unspecified atom stereocenters. The molecule has 21 heavy (non-hydrogen) atoms. The molecule has 1 aliphatic heterocycles. The van der Waals surface area contributed by atoms with Crippen molar-refractivity contribution in [3.63, 3.8) is 0 Å². The lowest BCUT2D eigenvalue weighted by molar-refractivity contribution is -0.138. The zero-order chi connectivity index (χ0) is 15.5. The molecule has 0 radical (unpaired) electrons. The summed E-state index contributed by atoms with van der Waals surface area (Å²) in [5, 5.41) is 0. The van der Waals surface area contributed by atoms with Crippen molar-refractivity contribution in [3.05, 3.63) is 0 Å². The van der Waals surface area contributed by atoms with Crippen molar-refractivity contribution in [2.24, 2.45) is 0 Å². The number of rotatable bonds is 8. The minimum Gasteiger partial charge on any atom is -0.449 e. The molecule has 2 amide bonds. The Morgan fingerprint density at radius 3 is 2.29 bits per heavy atom. The van der Waals surface area contributed by atoms with E-state index in [9.17, 15) is 9.59 Å². The molecule has 0 aromatic heterocycles. The number of carbonyl (C=O) groups excluding carboxylic acids is 2. The summed E-state index contributed by atoms with van der Waals surface area (Å²) in [4.78, 5) is 27.0. The SMILES string of the molecule is CCCCOC(=O)N1CCN(C(=O)COCCOC)CC1. The molecule has 0 saturated carbocycles. The van der Waals surface area contributed by atoms with Crippen molar-refractivity contribution < 1.29 is 23.8 Å². The van der Waals surface area contributed by atoms with Crippen LogP contribution in [0.2, 0.25) is 0 Å². The zero-order valence-corrected chi connectivity index (χ0v) is 13.0. The molecular weight excluding hydrogens is 276 g/mol. The second-order valence-electron chi connectivity index (χ2n) is 4.88. The lowest BCUT2D eigenvalue weighted by Crippen LogP contribution is -2.51. The quantitative estimate of drug-likeness (QED) is 0.618. The number of unbranched alkanes of at least 4 members (excludes halogenated alkanes) is 1. The number of methoxy groups -OCH3 is 1. The molecule has 7 heteroatoms. The standard InChI is InChI=1S/C14H26N2O5/c1-3-4-9-21-14(18)16-7-5-15(6-8-16)13(17)12-20-11-10-19-2/h3-12H2,1-2H3. The molecular formula is C14H26N2O5. The van der Waals surface area contributed by atoms with Crippen molar-refractivity contribution in [2.45, 2.75) is 19.8 Å². The maximum atomic E-state index is 11.9. The van der Waals surface area contributed by atoms with Crippen molar-refractivity contribution in [1.82, 2.24) is 9.80 Å². The highest BCUT2D eigenvalue weighted by Crippen LogP contribution is 2.05. The smallest absolute Gasteiger partial charge is 0.409 e. The Labute approximate surface area is 126 Å². The summed E-state index contributed by atoms with van der Waals surface area (Å²) in [5.74, 6) is -0.0508. The summed E-state index contributed by atoms with van der Waals surface area (Å²) >= 11 is 0. The summed E-state index contributed by atoms with van der Waals surface area (Å²) in [6, 6.07) is 0. The van der Waals surface area contributed by atoms with Gasteiger partial charge in [-0.2, -0.15) is 0 Å². The van der Waals surface area contributed by atoms with Gasteiger partial charge in [-0.1, -0.05) is 13.3 Å². The Hall–Kier alpha value is -1.34. The molecule has 0 spiro atoms. The van der Waals surface area contributed by atoms with Crippen LogP contribution in [0.5, 0.6) is 0 Å². The molecule has 0 atom stereocenters. The maximum Gasteiger partial charge on any atom is 0.409 e. The van der Waals surface area contributed by atoms with Gasteiger partial charge in [-0.25, -0.2) is 4.79 Å². The molecule has 0 N–H and O–H groups in total. The van der Waals surface area contributed by atoms with Crippen LogP contribution in [0.3, 0.4) is 0 Å². The lowest BCUT2D eigenvalue weighted by atomic mass is 10.3. The van der Waals surface area contributed by atoms with Gasteiger partial charge < -0.3 is 24.0 Å². The van der Waals surface area contributed by atoms with Crippen LogP contribution in [0, 0.1) is 0 Å². The fourth-order valence-corrected chi connectivity index (χ4v) is 1.93. The Bertz CT molecular complexity index is 316. The van der Waals surface area contributed by atoms with E-state index >= 15 is 0 Å². The molecule has 0 bridgehead atoms.